The summed E-state index contributed by atoms with van der Waals surface area (Å²) in [7, 11) is 0. The molecule has 0 amide bonds. The lowest BCUT2D eigenvalue weighted by Crippen LogP contribution is -2.24. The lowest BCUT2D eigenvalue weighted by molar-refractivity contribution is -0.115. The van der Waals surface area contributed by atoms with E-state index in [1.165, 1.54) is 12.8 Å². The molecule has 0 bridgehead atoms. The summed E-state index contributed by atoms with van der Waals surface area (Å²) in [5.41, 5.74) is 1.04. The molecule has 0 unspecified atom stereocenters. The van der Waals surface area contributed by atoms with Gasteiger partial charge in [0.15, 0.2) is 5.78 Å². The summed E-state index contributed by atoms with van der Waals surface area (Å²) in [6, 6.07) is 0. The molecule has 12 heavy (non-hydrogen) atoms. The van der Waals surface area contributed by atoms with Crippen molar-refractivity contribution in [3.8, 4) is 0 Å². The molecule has 2 heteroatoms. The highest BCUT2D eigenvalue weighted by Gasteiger charge is 2.10. The van der Waals surface area contributed by atoms with Gasteiger partial charge in [0.2, 0.25) is 0 Å². The zero-order valence-corrected chi connectivity index (χ0v) is 7.73. The maximum atomic E-state index is 11.4. The largest absolute Gasteiger partial charge is 0.310 e. The van der Waals surface area contributed by atoms with Crippen LogP contribution in [0.15, 0.2) is 11.6 Å². The molecule has 1 N–H and O–H groups in total. The summed E-state index contributed by atoms with van der Waals surface area (Å²) >= 11 is 0. The normalized spacial score (nSPS) is 17.2. The Morgan fingerprint density at radius 1 is 1.58 bits per heavy atom. The number of nitrogens with one attached hydrogen (secondary N) is 1. The average Bonchev–Trinajstić information content (AvgIpc) is 2.15. The summed E-state index contributed by atoms with van der Waals surface area (Å²) < 4.78 is 0. The van der Waals surface area contributed by atoms with Crippen LogP contribution in [0.1, 0.15) is 32.6 Å². The highest BCUT2D eigenvalue weighted by Crippen LogP contribution is 2.17. The van der Waals surface area contributed by atoms with Gasteiger partial charge in [0, 0.05) is 0 Å². The van der Waals surface area contributed by atoms with Gasteiger partial charge in [-0.1, -0.05) is 13.0 Å². The number of likely N-dealkylation sites (N-methyl/N-ethyl adjacent to an activating group) is 1. The Balaban J connectivity index is 2.35. The van der Waals surface area contributed by atoms with Crippen LogP contribution in [-0.2, 0) is 4.79 Å². The van der Waals surface area contributed by atoms with Crippen LogP contribution < -0.4 is 5.32 Å². The van der Waals surface area contributed by atoms with Gasteiger partial charge >= 0.3 is 0 Å². The maximum absolute atomic E-state index is 11.4. The van der Waals surface area contributed by atoms with Gasteiger partial charge in [0.25, 0.3) is 0 Å². The van der Waals surface area contributed by atoms with E-state index >= 15 is 0 Å². The fraction of sp³-hybridized carbons (Fsp3) is 0.700. The zero-order chi connectivity index (χ0) is 8.81. The molecule has 0 saturated carbocycles. The van der Waals surface area contributed by atoms with Crippen LogP contribution in [0.5, 0.6) is 0 Å². The Kier molecular flexibility index (Phi) is 4.01. The standard InChI is InChI=1S/C10H17NO/c1-2-11-8-10(12)9-6-4-3-5-7-9/h6,11H,2-5,7-8H2,1H3. The predicted octanol–water partition coefficient (Wildman–Crippen LogP) is 1.67. The van der Waals surface area contributed by atoms with Crippen LogP contribution in [0.2, 0.25) is 0 Å². The van der Waals surface area contributed by atoms with Crippen molar-refractivity contribution in [1.82, 2.24) is 5.32 Å². The molecular weight excluding hydrogens is 150 g/mol. The van der Waals surface area contributed by atoms with Crippen molar-refractivity contribution >= 4 is 5.78 Å². The third kappa shape index (κ3) is 2.78. The van der Waals surface area contributed by atoms with Gasteiger partial charge in [0.1, 0.15) is 0 Å². The quantitative estimate of drug-likeness (QED) is 0.690. The molecule has 0 aromatic carbocycles. The molecule has 0 spiro atoms. The zero-order valence-electron chi connectivity index (χ0n) is 7.73. The highest BCUT2D eigenvalue weighted by atomic mass is 16.1. The maximum Gasteiger partial charge on any atom is 0.172 e. The average molecular weight is 167 g/mol. The van der Waals surface area contributed by atoms with Crippen molar-refractivity contribution in [2.24, 2.45) is 0 Å². The Morgan fingerprint density at radius 2 is 2.42 bits per heavy atom. The summed E-state index contributed by atoms with van der Waals surface area (Å²) in [6.07, 6.45) is 6.61. The number of hydrogen-bond acceptors (Lipinski definition) is 2. The van der Waals surface area contributed by atoms with Gasteiger partial charge in [-0.3, -0.25) is 4.79 Å². The van der Waals surface area contributed by atoms with E-state index < -0.39 is 0 Å². The number of hydrogen-bond donors (Lipinski definition) is 1. The second-order valence-corrected chi connectivity index (χ2v) is 3.18. The second-order valence-electron chi connectivity index (χ2n) is 3.18. The first-order valence-corrected chi connectivity index (χ1v) is 4.77. The first-order valence-electron chi connectivity index (χ1n) is 4.77. The monoisotopic (exact) mass is 167 g/mol. The molecule has 0 radical (unpaired) electrons. The minimum Gasteiger partial charge on any atom is -0.310 e. The second kappa shape index (κ2) is 5.09. The fourth-order valence-corrected chi connectivity index (χ4v) is 1.44. The van der Waals surface area contributed by atoms with Gasteiger partial charge < -0.3 is 5.32 Å². The third-order valence-corrected chi connectivity index (χ3v) is 2.18. The Labute approximate surface area is 74.0 Å². The lowest BCUT2D eigenvalue weighted by Gasteiger charge is -2.11. The number of carbonyl (C=O) groups excluding carboxylic acids is 1. The fourth-order valence-electron chi connectivity index (χ4n) is 1.44. The number of rotatable bonds is 4. The van der Waals surface area contributed by atoms with Crippen LogP contribution in [0, 0.1) is 0 Å². The number of allylic oxidation sites excluding steroid dienone is 1. The Morgan fingerprint density at radius 3 is 3.00 bits per heavy atom. The molecule has 0 aromatic rings. The van der Waals surface area contributed by atoms with E-state index in [2.05, 4.69) is 11.4 Å². The third-order valence-electron chi connectivity index (χ3n) is 2.18. The van der Waals surface area contributed by atoms with E-state index in [0.29, 0.717) is 6.54 Å². The van der Waals surface area contributed by atoms with E-state index in [-0.39, 0.29) is 5.78 Å². The van der Waals surface area contributed by atoms with Crippen molar-refractivity contribution in [2.45, 2.75) is 32.6 Å². The van der Waals surface area contributed by atoms with Crippen LogP contribution in [0.3, 0.4) is 0 Å². The van der Waals surface area contributed by atoms with Gasteiger partial charge in [-0.15, -0.1) is 0 Å². The molecule has 0 heterocycles. The summed E-state index contributed by atoms with van der Waals surface area (Å²) in [4.78, 5) is 11.4. The number of ketones is 1. The lowest BCUT2D eigenvalue weighted by atomic mass is 9.96. The molecular formula is C10H17NO. The molecule has 0 fully saturated rings. The molecule has 2 nitrogen and oxygen atoms in total. The summed E-state index contributed by atoms with van der Waals surface area (Å²) in [5, 5.41) is 3.05. The first kappa shape index (κ1) is 9.46. The topological polar surface area (TPSA) is 29.1 Å². The van der Waals surface area contributed by atoms with E-state index in [4.69, 9.17) is 0 Å². The first-order chi connectivity index (χ1) is 5.84. The van der Waals surface area contributed by atoms with Crippen LogP contribution in [0.25, 0.3) is 0 Å². The van der Waals surface area contributed by atoms with Crippen molar-refractivity contribution in [3.05, 3.63) is 11.6 Å². The minimum atomic E-state index is 0.288. The predicted molar refractivity (Wildman–Crippen MR) is 50.1 cm³/mol. The Bertz CT molecular complexity index is 184. The summed E-state index contributed by atoms with van der Waals surface area (Å²) in [6.45, 7) is 3.41. The number of Topliss-reactive ketones (excluding diaryl/α,β-unsaturated/α-hetero) is 1. The van der Waals surface area contributed by atoms with Crippen molar-refractivity contribution in [3.63, 3.8) is 0 Å². The summed E-state index contributed by atoms with van der Waals surface area (Å²) in [5.74, 6) is 0.288. The molecule has 1 aliphatic carbocycles. The van der Waals surface area contributed by atoms with E-state index in [9.17, 15) is 4.79 Å². The van der Waals surface area contributed by atoms with E-state index in [1.54, 1.807) is 0 Å². The minimum absolute atomic E-state index is 0.288. The molecule has 1 aliphatic rings. The highest BCUT2D eigenvalue weighted by molar-refractivity contribution is 5.96. The van der Waals surface area contributed by atoms with Gasteiger partial charge in [-0.25, -0.2) is 0 Å². The molecule has 0 atom stereocenters. The SMILES string of the molecule is CCNCC(=O)C1=CCCCC1. The van der Waals surface area contributed by atoms with Crippen molar-refractivity contribution in [2.75, 3.05) is 13.1 Å². The van der Waals surface area contributed by atoms with Crippen molar-refractivity contribution < 1.29 is 4.79 Å². The van der Waals surface area contributed by atoms with Gasteiger partial charge in [-0.2, -0.15) is 0 Å². The molecule has 1 rings (SSSR count). The van der Waals surface area contributed by atoms with Crippen molar-refractivity contribution in [1.29, 1.82) is 0 Å². The van der Waals surface area contributed by atoms with Crippen LogP contribution >= 0.6 is 0 Å². The van der Waals surface area contributed by atoms with E-state index in [1.807, 2.05) is 6.92 Å². The van der Waals surface area contributed by atoms with E-state index in [0.717, 1.165) is 25.0 Å². The van der Waals surface area contributed by atoms with Gasteiger partial charge in [0.05, 0.1) is 6.54 Å². The smallest absolute Gasteiger partial charge is 0.172 e. The molecule has 0 aliphatic heterocycles. The molecule has 68 valence electrons. The number of carbonyl (C=O) groups is 1. The molecule has 0 saturated heterocycles. The molecule has 0 aromatic heterocycles. The van der Waals surface area contributed by atoms with Crippen LogP contribution in [0.4, 0.5) is 0 Å². The van der Waals surface area contributed by atoms with Gasteiger partial charge in [-0.05, 0) is 37.8 Å². The van der Waals surface area contributed by atoms with Crippen LogP contribution in [-0.4, -0.2) is 18.9 Å². The Hall–Kier alpha value is -0.630.